The van der Waals surface area contributed by atoms with Gasteiger partial charge in [-0.1, -0.05) is 11.3 Å². The van der Waals surface area contributed by atoms with Crippen LogP contribution in [0.25, 0.3) is 10.2 Å². The van der Waals surface area contributed by atoms with Gasteiger partial charge in [0, 0.05) is 5.56 Å². The van der Waals surface area contributed by atoms with Gasteiger partial charge in [0.05, 0.1) is 29.6 Å². The van der Waals surface area contributed by atoms with Crippen LogP contribution >= 0.6 is 11.3 Å². The summed E-state index contributed by atoms with van der Waals surface area (Å²) in [4.78, 5) is 19.7. The van der Waals surface area contributed by atoms with Crippen LogP contribution < -0.4 is 19.1 Å². The second-order valence-corrected chi connectivity index (χ2v) is 7.61. The Bertz CT molecular complexity index is 1200. The van der Waals surface area contributed by atoms with E-state index in [2.05, 4.69) is 4.98 Å². The van der Waals surface area contributed by atoms with Gasteiger partial charge in [0.1, 0.15) is 11.5 Å². The number of carbonyl (C=O) groups excluding carboxylic acids is 1. The van der Waals surface area contributed by atoms with Gasteiger partial charge in [-0.3, -0.25) is 9.69 Å². The Kier molecular flexibility index (Phi) is 4.76. The van der Waals surface area contributed by atoms with Crippen LogP contribution in [0.1, 0.15) is 23.0 Å². The number of ether oxygens (including phenoxy) is 3. The Hall–Kier alpha value is -3.52. The Morgan fingerprint density at radius 3 is 2.90 bits per heavy atom. The van der Waals surface area contributed by atoms with Crippen LogP contribution in [-0.2, 0) is 6.54 Å². The van der Waals surface area contributed by atoms with E-state index >= 15 is 0 Å². The molecule has 0 bridgehead atoms. The predicted molar refractivity (Wildman–Crippen MR) is 113 cm³/mol. The number of benzene rings is 2. The van der Waals surface area contributed by atoms with Gasteiger partial charge in [0.25, 0.3) is 5.91 Å². The molecular weight excluding hydrogens is 404 g/mol. The van der Waals surface area contributed by atoms with E-state index in [0.29, 0.717) is 34.6 Å². The molecule has 0 atom stereocenters. The van der Waals surface area contributed by atoms with E-state index in [1.54, 1.807) is 35.4 Å². The highest BCUT2D eigenvalue weighted by atomic mass is 32.1. The minimum atomic E-state index is -0.200. The van der Waals surface area contributed by atoms with Crippen molar-refractivity contribution < 1.29 is 23.4 Å². The fourth-order valence-electron chi connectivity index (χ4n) is 3.23. The van der Waals surface area contributed by atoms with Gasteiger partial charge in [0.15, 0.2) is 16.6 Å². The summed E-state index contributed by atoms with van der Waals surface area (Å²) in [6.07, 6.45) is 1.59. The van der Waals surface area contributed by atoms with E-state index in [1.165, 1.54) is 11.3 Å². The van der Waals surface area contributed by atoms with Crippen molar-refractivity contribution in [2.45, 2.75) is 13.5 Å². The van der Waals surface area contributed by atoms with E-state index in [1.807, 2.05) is 31.2 Å². The summed E-state index contributed by atoms with van der Waals surface area (Å²) in [5, 5.41) is 0.581. The van der Waals surface area contributed by atoms with Crippen LogP contribution in [0.5, 0.6) is 17.2 Å². The number of thiazole rings is 1. The summed E-state index contributed by atoms with van der Waals surface area (Å²) in [5.41, 5.74) is 1.29. The average molecular weight is 422 g/mol. The van der Waals surface area contributed by atoms with Crippen LogP contribution in [-0.4, -0.2) is 24.3 Å². The molecule has 2 aromatic heterocycles. The molecule has 1 amide bonds. The van der Waals surface area contributed by atoms with Gasteiger partial charge in [0.2, 0.25) is 6.79 Å². The minimum absolute atomic E-state index is 0.156. The molecule has 0 spiro atoms. The van der Waals surface area contributed by atoms with E-state index in [4.69, 9.17) is 18.6 Å². The van der Waals surface area contributed by atoms with Crippen molar-refractivity contribution >= 4 is 32.6 Å². The third-order valence-electron chi connectivity index (χ3n) is 4.65. The van der Waals surface area contributed by atoms with Crippen LogP contribution in [0.15, 0.2) is 59.2 Å². The fourth-order valence-corrected chi connectivity index (χ4v) is 4.23. The maximum atomic E-state index is 13.4. The molecule has 3 heterocycles. The second kappa shape index (κ2) is 7.72. The molecule has 7 nitrogen and oxygen atoms in total. The van der Waals surface area contributed by atoms with Crippen molar-refractivity contribution in [3.05, 3.63) is 66.1 Å². The minimum Gasteiger partial charge on any atom is -0.494 e. The van der Waals surface area contributed by atoms with E-state index in [0.717, 1.165) is 16.0 Å². The van der Waals surface area contributed by atoms with Gasteiger partial charge in [-0.05, 0) is 55.5 Å². The first-order valence-electron chi connectivity index (χ1n) is 9.48. The molecule has 4 aromatic rings. The van der Waals surface area contributed by atoms with Crippen LogP contribution in [0, 0.1) is 0 Å². The molecule has 2 aromatic carbocycles. The quantitative estimate of drug-likeness (QED) is 0.442. The third-order valence-corrected chi connectivity index (χ3v) is 5.69. The Morgan fingerprint density at radius 1 is 1.17 bits per heavy atom. The highest BCUT2D eigenvalue weighted by molar-refractivity contribution is 7.22. The molecule has 0 fully saturated rings. The van der Waals surface area contributed by atoms with Gasteiger partial charge in [-0.25, -0.2) is 4.98 Å². The summed E-state index contributed by atoms with van der Waals surface area (Å²) < 4.78 is 22.8. The molecule has 0 radical (unpaired) electrons. The summed E-state index contributed by atoms with van der Waals surface area (Å²) in [6.45, 7) is 2.95. The number of aromatic nitrogens is 1. The van der Waals surface area contributed by atoms with Crippen molar-refractivity contribution in [3.63, 3.8) is 0 Å². The normalized spacial score (nSPS) is 12.3. The molecule has 0 saturated carbocycles. The number of carbonyl (C=O) groups is 1. The van der Waals surface area contributed by atoms with Gasteiger partial charge in [-0.2, -0.15) is 0 Å². The third kappa shape index (κ3) is 3.46. The molecule has 30 heavy (non-hydrogen) atoms. The lowest BCUT2D eigenvalue weighted by molar-refractivity contribution is 0.0983. The number of anilines is 1. The summed E-state index contributed by atoms with van der Waals surface area (Å²) in [7, 11) is 0. The van der Waals surface area contributed by atoms with Crippen molar-refractivity contribution in [1.29, 1.82) is 0 Å². The van der Waals surface area contributed by atoms with Crippen LogP contribution in [0.3, 0.4) is 0 Å². The fraction of sp³-hybridized carbons (Fsp3) is 0.182. The van der Waals surface area contributed by atoms with Crippen molar-refractivity contribution in [3.8, 4) is 17.2 Å². The highest BCUT2D eigenvalue weighted by Gasteiger charge is 2.25. The Balaban J connectivity index is 1.53. The molecule has 1 aliphatic rings. The van der Waals surface area contributed by atoms with Crippen molar-refractivity contribution in [1.82, 2.24) is 4.98 Å². The lowest BCUT2D eigenvalue weighted by Gasteiger charge is -2.19. The van der Waals surface area contributed by atoms with Crippen LogP contribution in [0.4, 0.5) is 5.13 Å². The Morgan fingerprint density at radius 2 is 2.07 bits per heavy atom. The number of furan rings is 1. The first kappa shape index (κ1) is 18.5. The standard InChI is InChI=1S/C22H18N2O5S/c1-2-26-15-6-7-17-20(11-15)30-22(23-17)24(12-16-4-3-9-27-16)21(25)14-5-8-18-19(10-14)29-13-28-18/h3-11H,2,12-13H2,1H3. The number of rotatable bonds is 6. The van der Waals surface area contributed by atoms with E-state index < -0.39 is 0 Å². The topological polar surface area (TPSA) is 74.0 Å². The summed E-state index contributed by atoms with van der Waals surface area (Å²) >= 11 is 1.43. The van der Waals surface area contributed by atoms with Crippen molar-refractivity contribution in [2.75, 3.05) is 18.3 Å². The van der Waals surface area contributed by atoms with Crippen LogP contribution in [0.2, 0.25) is 0 Å². The second-order valence-electron chi connectivity index (χ2n) is 6.60. The van der Waals surface area contributed by atoms with Gasteiger partial charge >= 0.3 is 0 Å². The van der Waals surface area contributed by atoms with Gasteiger partial charge < -0.3 is 18.6 Å². The molecule has 152 valence electrons. The number of nitrogens with zero attached hydrogens (tertiary/aromatic N) is 2. The molecule has 5 rings (SSSR count). The molecular formula is C22H18N2O5S. The zero-order valence-corrected chi connectivity index (χ0v) is 17.0. The summed E-state index contributed by atoms with van der Waals surface area (Å²) in [6, 6.07) is 14.5. The van der Waals surface area contributed by atoms with Gasteiger partial charge in [-0.15, -0.1) is 0 Å². The van der Waals surface area contributed by atoms with E-state index in [9.17, 15) is 4.79 Å². The number of amides is 1. The summed E-state index contributed by atoms with van der Waals surface area (Å²) in [5.74, 6) is 2.43. The maximum Gasteiger partial charge on any atom is 0.260 e. The average Bonchev–Trinajstić information content (AvgIpc) is 3.51. The van der Waals surface area contributed by atoms with E-state index in [-0.39, 0.29) is 19.2 Å². The SMILES string of the molecule is CCOc1ccc2nc(N(Cc3ccco3)C(=O)c3ccc4c(c3)OCO4)sc2c1. The molecule has 1 aliphatic heterocycles. The molecule has 0 N–H and O–H groups in total. The Labute approximate surface area is 176 Å². The molecule has 0 aliphatic carbocycles. The number of fused-ring (bicyclic) bond motifs is 2. The highest BCUT2D eigenvalue weighted by Crippen LogP contribution is 2.36. The number of hydrogen-bond acceptors (Lipinski definition) is 7. The smallest absolute Gasteiger partial charge is 0.260 e. The lowest BCUT2D eigenvalue weighted by Crippen LogP contribution is -2.30. The number of hydrogen-bond donors (Lipinski definition) is 0. The largest absolute Gasteiger partial charge is 0.494 e. The zero-order valence-electron chi connectivity index (χ0n) is 16.2. The zero-order chi connectivity index (χ0) is 20.5. The predicted octanol–water partition coefficient (Wildman–Crippen LogP) is 4.86. The van der Waals surface area contributed by atoms with Crippen molar-refractivity contribution in [2.24, 2.45) is 0 Å². The first-order valence-corrected chi connectivity index (χ1v) is 10.3. The molecule has 0 unspecified atom stereocenters. The lowest BCUT2D eigenvalue weighted by atomic mass is 10.1. The first-order chi connectivity index (χ1) is 14.7. The maximum absolute atomic E-state index is 13.4. The molecule has 0 saturated heterocycles. The monoisotopic (exact) mass is 422 g/mol. The molecule has 8 heteroatoms.